The maximum atomic E-state index is 12.6. The zero-order valence-corrected chi connectivity index (χ0v) is 18.0. The second-order valence-electron chi connectivity index (χ2n) is 7.06. The highest BCUT2D eigenvalue weighted by Crippen LogP contribution is 2.21. The van der Waals surface area contributed by atoms with E-state index in [1.165, 1.54) is 6.08 Å². The van der Waals surface area contributed by atoms with Crippen LogP contribution in [0.2, 0.25) is 0 Å². The van der Waals surface area contributed by atoms with Crippen molar-refractivity contribution in [1.29, 1.82) is 0 Å². The van der Waals surface area contributed by atoms with Crippen molar-refractivity contribution in [3.8, 4) is 5.75 Å². The first-order valence-electron chi connectivity index (χ1n) is 9.85. The van der Waals surface area contributed by atoms with Crippen LogP contribution in [0.3, 0.4) is 0 Å². The largest absolute Gasteiger partial charge is 0.494 e. The molecule has 0 unspecified atom stereocenters. The van der Waals surface area contributed by atoms with Crippen LogP contribution >= 0.6 is 0 Å². The third-order valence-electron chi connectivity index (χ3n) is 4.90. The van der Waals surface area contributed by atoms with Crippen molar-refractivity contribution in [2.45, 2.75) is 45.7 Å². The zero-order valence-electron chi connectivity index (χ0n) is 17.2. The molecule has 0 bridgehead atoms. The van der Waals surface area contributed by atoms with Gasteiger partial charge in [0.15, 0.2) is 16.4 Å². The Balaban J connectivity index is 1.92. The molecule has 7 nitrogen and oxygen atoms in total. The third-order valence-corrected chi connectivity index (χ3v) is 6.65. The van der Waals surface area contributed by atoms with Gasteiger partial charge >= 0.3 is 5.97 Å². The molecular formula is C21H29NO6S. The fraction of sp³-hybridized carbons (Fsp3) is 0.524. The van der Waals surface area contributed by atoms with Crippen molar-refractivity contribution in [1.82, 2.24) is 4.90 Å². The van der Waals surface area contributed by atoms with Crippen molar-refractivity contribution < 1.29 is 27.5 Å². The van der Waals surface area contributed by atoms with Gasteiger partial charge in [-0.15, -0.1) is 0 Å². The van der Waals surface area contributed by atoms with Crippen molar-refractivity contribution in [3.63, 3.8) is 0 Å². The number of benzene rings is 1. The molecule has 1 aromatic rings. The molecule has 2 rings (SSSR count). The number of nitrogens with zero attached hydrogens (tertiary/aromatic N) is 1. The topological polar surface area (TPSA) is 90.0 Å². The van der Waals surface area contributed by atoms with Gasteiger partial charge in [-0.3, -0.25) is 4.79 Å². The van der Waals surface area contributed by atoms with E-state index in [0.29, 0.717) is 19.4 Å². The number of esters is 1. The van der Waals surface area contributed by atoms with Crippen LogP contribution in [-0.2, 0) is 24.2 Å². The molecular weight excluding hydrogens is 394 g/mol. The number of carbonyl (C=O) groups excluding carboxylic acids is 2. The quantitative estimate of drug-likeness (QED) is 0.448. The number of ether oxygens (including phenoxy) is 2. The predicted octanol–water partition coefficient (Wildman–Crippen LogP) is 2.46. The molecule has 1 aliphatic heterocycles. The van der Waals surface area contributed by atoms with Crippen LogP contribution < -0.4 is 4.74 Å². The summed E-state index contributed by atoms with van der Waals surface area (Å²) in [5.41, 5.74) is 0.800. The summed E-state index contributed by atoms with van der Waals surface area (Å²) in [5, 5.41) is 0. The van der Waals surface area contributed by atoms with Gasteiger partial charge in [-0.2, -0.15) is 0 Å². The number of amides is 1. The van der Waals surface area contributed by atoms with Gasteiger partial charge in [-0.05, 0) is 50.5 Å². The molecule has 2 atom stereocenters. The van der Waals surface area contributed by atoms with Crippen LogP contribution in [0.5, 0.6) is 5.75 Å². The number of hydrogen-bond donors (Lipinski definition) is 0. The summed E-state index contributed by atoms with van der Waals surface area (Å²) in [6, 6.07) is 6.74. The fourth-order valence-corrected chi connectivity index (χ4v) is 4.97. The molecule has 1 fully saturated rings. The second kappa shape index (κ2) is 10.4. The SMILES string of the molecule is CCOc1ccc(/C=C/C(=O)OCC(=O)N([C@H]2CCS(=O)(=O)C2)[C@@H](C)CC)cc1. The van der Waals surface area contributed by atoms with Gasteiger partial charge < -0.3 is 14.4 Å². The van der Waals surface area contributed by atoms with Crippen LogP contribution in [0.1, 0.15) is 39.2 Å². The summed E-state index contributed by atoms with van der Waals surface area (Å²) in [4.78, 5) is 26.2. The number of sulfone groups is 1. The molecule has 0 radical (unpaired) electrons. The first-order valence-corrected chi connectivity index (χ1v) is 11.7. The molecule has 29 heavy (non-hydrogen) atoms. The summed E-state index contributed by atoms with van der Waals surface area (Å²) in [7, 11) is -3.11. The van der Waals surface area contributed by atoms with Crippen LogP contribution in [-0.4, -0.2) is 62.0 Å². The average Bonchev–Trinajstić information content (AvgIpc) is 3.05. The van der Waals surface area contributed by atoms with Gasteiger partial charge in [0.1, 0.15) is 5.75 Å². The van der Waals surface area contributed by atoms with Crippen molar-refractivity contribution >= 4 is 27.8 Å². The second-order valence-corrected chi connectivity index (χ2v) is 9.29. The predicted molar refractivity (Wildman–Crippen MR) is 111 cm³/mol. The molecule has 8 heteroatoms. The lowest BCUT2D eigenvalue weighted by atomic mass is 10.1. The van der Waals surface area contributed by atoms with Crippen LogP contribution in [0.4, 0.5) is 0 Å². The smallest absolute Gasteiger partial charge is 0.331 e. The molecule has 0 aromatic heterocycles. The fourth-order valence-electron chi connectivity index (χ4n) is 3.26. The Morgan fingerprint density at radius 2 is 1.93 bits per heavy atom. The normalized spacial score (nSPS) is 19.1. The van der Waals surface area contributed by atoms with E-state index in [1.54, 1.807) is 23.1 Å². The van der Waals surface area contributed by atoms with E-state index in [1.807, 2.05) is 32.9 Å². The highest BCUT2D eigenvalue weighted by molar-refractivity contribution is 7.91. The van der Waals surface area contributed by atoms with Crippen molar-refractivity contribution in [3.05, 3.63) is 35.9 Å². The van der Waals surface area contributed by atoms with Gasteiger partial charge in [-0.1, -0.05) is 19.1 Å². The zero-order chi connectivity index (χ0) is 21.4. The molecule has 1 aliphatic rings. The summed E-state index contributed by atoms with van der Waals surface area (Å²) in [5.74, 6) is -0.200. The molecule has 0 aliphatic carbocycles. The Labute approximate surface area is 172 Å². The Morgan fingerprint density at radius 3 is 2.48 bits per heavy atom. The summed E-state index contributed by atoms with van der Waals surface area (Å²) >= 11 is 0. The molecule has 1 saturated heterocycles. The van der Waals surface area contributed by atoms with Crippen LogP contribution in [0.25, 0.3) is 6.08 Å². The minimum atomic E-state index is -3.11. The van der Waals surface area contributed by atoms with Gasteiger partial charge in [-0.25, -0.2) is 13.2 Å². The van der Waals surface area contributed by atoms with Crippen molar-refractivity contribution in [2.75, 3.05) is 24.7 Å². The monoisotopic (exact) mass is 423 g/mol. The Bertz CT molecular complexity index is 831. The molecule has 160 valence electrons. The van der Waals surface area contributed by atoms with E-state index >= 15 is 0 Å². The molecule has 1 amide bonds. The number of rotatable bonds is 9. The number of hydrogen-bond acceptors (Lipinski definition) is 6. The first-order chi connectivity index (χ1) is 13.8. The van der Waals surface area contributed by atoms with E-state index in [-0.39, 0.29) is 29.5 Å². The summed E-state index contributed by atoms with van der Waals surface area (Å²) in [6.07, 6.45) is 3.97. The Kier molecular flexibility index (Phi) is 8.25. The lowest BCUT2D eigenvalue weighted by Gasteiger charge is -2.33. The van der Waals surface area contributed by atoms with Gasteiger partial charge in [0, 0.05) is 18.2 Å². The summed E-state index contributed by atoms with van der Waals surface area (Å²) < 4.78 is 34.0. The van der Waals surface area contributed by atoms with Gasteiger partial charge in [0.2, 0.25) is 0 Å². The van der Waals surface area contributed by atoms with E-state index in [9.17, 15) is 18.0 Å². The van der Waals surface area contributed by atoms with Crippen LogP contribution in [0.15, 0.2) is 30.3 Å². The minimum Gasteiger partial charge on any atom is -0.494 e. The molecule has 0 N–H and O–H groups in total. The van der Waals surface area contributed by atoms with Gasteiger partial charge in [0.05, 0.1) is 18.1 Å². The lowest BCUT2D eigenvalue weighted by molar-refractivity contribution is -0.150. The molecule has 1 aromatic carbocycles. The van der Waals surface area contributed by atoms with E-state index in [0.717, 1.165) is 11.3 Å². The highest BCUT2D eigenvalue weighted by atomic mass is 32.2. The molecule has 0 spiro atoms. The maximum absolute atomic E-state index is 12.6. The maximum Gasteiger partial charge on any atom is 0.331 e. The molecule has 1 heterocycles. The Morgan fingerprint density at radius 1 is 1.24 bits per heavy atom. The van der Waals surface area contributed by atoms with Gasteiger partial charge in [0.25, 0.3) is 5.91 Å². The van der Waals surface area contributed by atoms with Crippen LogP contribution in [0, 0.1) is 0 Å². The minimum absolute atomic E-state index is 0.0331. The van der Waals surface area contributed by atoms with Crippen molar-refractivity contribution in [2.24, 2.45) is 0 Å². The Hall–Kier alpha value is -2.35. The third kappa shape index (κ3) is 6.88. The molecule has 0 saturated carbocycles. The van der Waals surface area contributed by atoms with E-state index in [4.69, 9.17) is 9.47 Å². The summed E-state index contributed by atoms with van der Waals surface area (Å²) in [6.45, 7) is 5.87. The van der Waals surface area contributed by atoms with E-state index in [2.05, 4.69) is 0 Å². The first kappa shape index (κ1) is 22.9. The lowest BCUT2D eigenvalue weighted by Crippen LogP contribution is -2.48. The highest BCUT2D eigenvalue weighted by Gasteiger charge is 2.36. The number of carbonyl (C=O) groups is 2. The average molecular weight is 424 g/mol. The standard InChI is InChI=1S/C21H29NO6S/c1-4-16(3)22(18-12-13-29(25,26)15-18)20(23)14-28-21(24)11-8-17-6-9-19(10-7-17)27-5-2/h6-11,16,18H,4-5,12-15H2,1-3H3/b11-8+/t16-,18-/m0/s1. The van der Waals surface area contributed by atoms with E-state index < -0.39 is 22.4 Å².